The fourth-order valence-corrected chi connectivity index (χ4v) is 2.36. The van der Waals surface area contributed by atoms with E-state index in [0.717, 1.165) is 24.3 Å². The van der Waals surface area contributed by atoms with Gasteiger partial charge in [0.2, 0.25) is 0 Å². The highest BCUT2D eigenvalue weighted by Crippen LogP contribution is 2.35. The summed E-state index contributed by atoms with van der Waals surface area (Å²) in [5.74, 6) is -2.39. The molecule has 31 heavy (non-hydrogen) atoms. The topological polar surface area (TPSA) is 76.7 Å². The summed E-state index contributed by atoms with van der Waals surface area (Å²) in [6.45, 7) is 0.774. The molecule has 12 heteroatoms. The molecule has 0 aliphatic heterocycles. The van der Waals surface area contributed by atoms with Crippen LogP contribution in [0.1, 0.15) is 12.5 Å². The summed E-state index contributed by atoms with van der Waals surface area (Å²) in [5.41, 5.74) is -5.57. The third-order valence-electron chi connectivity index (χ3n) is 3.71. The van der Waals surface area contributed by atoms with E-state index in [9.17, 15) is 35.9 Å². The number of para-hydroxylation sites is 1. The number of halogens is 6. The van der Waals surface area contributed by atoms with Crippen LogP contribution < -0.4 is 15.4 Å². The molecule has 0 aromatic heterocycles. The molecule has 168 valence electrons. The van der Waals surface area contributed by atoms with E-state index >= 15 is 0 Å². The van der Waals surface area contributed by atoms with Gasteiger partial charge in [-0.3, -0.25) is 5.32 Å². The summed E-state index contributed by atoms with van der Waals surface area (Å²) in [4.78, 5) is 24.5. The first-order valence-corrected chi connectivity index (χ1v) is 8.63. The Kier molecular flexibility index (Phi) is 7.03. The molecule has 0 unspecified atom stereocenters. The van der Waals surface area contributed by atoms with Crippen LogP contribution in [0.4, 0.5) is 36.8 Å². The van der Waals surface area contributed by atoms with Crippen LogP contribution in [0.5, 0.6) is 5.75 Å². The van der Waals surface area contributed by atoms with Crippen molar-refractivity contribution >= 4 is 17.7 Å². The fourth-order valence-electron chi connectivity index (χ4n) is 2.36. The highest BCUT2D eigenvalue weighted by molar-refractivity contribution is 5.94. The van der Waals surface area contributed by atoms with Crippen LogP contribution in [0.25, 0.3) is 0 Å². The first-order valence-electron chi connectivity index (χ1n) is 8.63. The van der Waals surface area contributed by atoms with Gasteiger partial charge in [0.05, 0.1) is 12.2 Å². The maximum absolute atomic E-state index is 13.9. The molecule has 0 fully saturated rings. The zero-order valence-electron chi connectivity index (χ0n) is 15.8. The minimum absolute atomic E-state index is 0.424. The summed E-state index contributed by atoms with van der Waals surface area (Å²) < 4.78 is 89.5. The maximum atomic E-state index is 13.9. The van der Waals surface area contributed by atoms with Crippen molar-refractivity contribution in [2.75, 3.05) is 11.9 Å². The lowest BCUT2D eigenvalue weighted by atomic mass is 10.2. The number of carbonyl (C=O) groups excluding carboxylic acids is 2. The van der Waals surface area contributed by atoms with Crippen LogP contribution >= 0.6 is 0 Å². The van der Waals surface area contributed by atoms with Gasteiger partial charge in [0, 0.05) is 5.69 Å². The third kappa shape index (κ3) is 5.80. The summed E-state index contributed by atoms with van der Waals surface area (Å²) in [7, 11) is 0. The van der Waals surface area contributed by atoms with Gasteiger partial charge >= 0.3 is 30.1 Å². The maximum Gasteiger partial charge on any atom is 0.460 e. The fraction of sp³-hybridized carbons (Fsp3) is 0.263. The molecule has 2 rings (SSSR count). The first kappa shape index (κ1) is 23.8. The lowest BCUT2D eigenvalue weighted by molar-refractivity contribution is -0.259. The van der Waals surface area contributed by atoms with E-state index < -0.39 is 53.7 Å². The Morgan fingerprint density at radius 3 is 2.13 bits per heavy atom. The van der Waals surface area contributed by atoms with Gasteiger partial charge in [-0.05, 0) is 37.3 Å². The molecule has 2 N–H and O–H groups in total. The smallest absolute Gasteiger partial charge is 0.460 e. The first-order chi connectivity index (χ1) is 14.4. The van der Waals surface area contributed by atoms with Crippen LogP contribution in [0.2, 0.25) is 0 Å². The van der Waals surface area contributed by atoms with Gasteiger partial charge < -0.3 is 14.8 Å². The molecule has 0 aliphatic rings. The number of hydrogen-bond acceptors (Lipinski definition) is 4. The number of ether oxygens (including phenoxy) is 2. The Morgan fingerprint density at radius 2 is 1.58 bits per heavy atom. The molecule has 1 atom stereocenters. The number of esters is 1. The zero-order valence-corrected chi connectivity index (χ0v) is 15.8. The van der Waals surface area contributed by atoms with Gasteiger partial charge in [0.1, 0.15) is 5.75 Å². The minimum Gasteiger partial charge on any atom is -0.461 e. The summed E-state index contributed by atoms with van der Waals surface area (Å²) in [5, 5.41) is 3.18. The van der Waals surface area contributed by atoms with Gasteiger partial charge in [0.25, 0.3) is 0 Å². The predicted octanol–water partition coefficient (Wildman–Crippen LogP) is 4.73. The Bertz CT molecular complexity index is 918. The highest BCUT2D eigenvalue weighted by atomic mass is 19.4. The second-order valence-electron chi connectivity index (χ2n) is 5.97. The molecule has 0 bridgehead atoms. The molecule has 0 radical (unpaired) electrons. The Labute approximate surface area is 172 Å². The zero-order chi connectivity index (χ0) is 23.3. The summed E-state index contributed by atoms with van der Waals surface area (Å²) in [6, 6.07) is 7.86. The SMILES string of the molecule is CCOC(=O)[C@@](NC(=O)Nc1cccc(C(F)(F)F)c1)(Oc1ccccc1)C(F)(F)F. The van der Waals surface area contributed by atoms with E-state index in [-0.39, 0.29) is 0 Å². The van der Waals surface area contributed by atoms with Crippen molar-refractivity contribution in [2.45, 2.75) is 25.0 Å². The largest absolute Gasteiger partial charge is 0.461 e. The number of anilines is 1. The Balaban J connectivity index is 2.38. The van der Waals surface area contributed by atoms with Gasteiger partial charge in [-0.2, -0.15) is 26.3 Å². The third-order valence-corrected chi connectivity index (χ3v) is 3.71. The number of amides is 2. The monoisotopic (exact) mass is 450 g/mol. The molecule has 0 spiro atoms. The molecule has 0 saturated carbocycles. The normalized spacial score (nSPS) is 13.6. The number of carbonyl (C=O) groups is 2. The second kappa shape index (κ2) is 9.14. The number of nitrogens with one attached hydrogen (secondary N) is 2. The average molecular weight is 450 g/mol. The molecular weight excluding hydrogens is 434 g/mol. The van der Waals surface area contributed by atoms with Gasteiger partial charge in [-0.1, -0.05) is 24.3 Å². The van der Waals surface area contributed by atoms with E-state index in [1.165, 1.54) is 30.4 Å². The lowest BCUT2D eigenvalue weighted by Crippen LogP contribution is -2.69. The molecule has 0 saturated heterocycles. The van der Waals surface area contributed by atoms with Gasteiger partial charge in [-0.25, -0.2) is 9.59 Å². The standard InChI is InChI=1S/C19H16F6N2O4/c1-2-30-15(28)17(19(23,24)25,31-14-9-4-3-5-10-14)27-16(29)26-13-8-6-7-12(11-13)18(20,21)22/h3-11H,2H2,1H3,(H2,26,27,29)/t17-/m1/s1. The van der Waals surface area contributed by atoms with E-state index in [4.69, 9.17) is 4.74 Å². The lowest BCUT2D eigenvalue weighted by Gasteiger charge is -2.33. The van der Waals surface area contributed by atoms with E-state index in [0.29, 0.717) is 12.1 Å². The second-order valence-corrected chi connectivity index (χ2v) is 5.97. The number of urea groups is 1. The van der Waals surface area contributed by atoms with Crippen LogP contribution in [0, 0.1) is 0 Å². The van der Waals surface area contributed by atoms with Gasteiger partial charge in [-0.15, -0.1) is 0 Å². The number of benzene rings is 2. The minimum atomic E-state index is -5.50. The van der Waals surface area contributed by atoms with Crippen LogP contribution in [-0.4, -0.2) is 30.5 Å². The van der Waals surface area contributed by atoms with E-state index in [1.54, 1.807) is 0 Å². The van der Waals surface area contributed by atoms with E-state index in [1.807, 2.05) is 5.32 Å². The van der Waals surface area contributed by atoms with Gasteiger partial charge in [0.15, 0.2) is 0 Å². The molecule has 2 aromatic carbocycles. The van der Waals surface area contributed by atoms with Crippen LogP contribution in [0.15, 0.2) is 54.6 Å². The molecule has 6 nitrogen and oxygen atoms in total. The number of rotatable bonds is 6. The quantitative estimate of drug-likeness (QED) is 0.379. The molecule has 2 amide bonds. The van der Waals surface area contributed by atoms with Crippen molar-refractivity contribution in [1.29, 1.82) is 0 Å². The summed E-state index contributed by atoms with van der Waals surface area (Å²) >= 11 is 0. The molecule has 0 aliphatic carbocycles. The predicted molar refractivity (Wildman–Crippen MR) is 96.1 cm³/mol. The van der Waals surface area contributed by atoms with Crippen molar-refractivity contribution in [1.82, 2.24) is 5.32 Å². The highest BCUT2D eigenvalue weighted by Gasteiger charge is 2.66. The Morgan fingerprint density at radius 1 is 0.935 bits per heavy atom. The van der Waals surface area contributed by atoms with Crippen molar-refractivity contribution in [3.63, 3.8) is 0 Å². The molecular formula is C19H16F6N2O4. The number of hydrogen-bond donors (Lipinski definition) is 2. The molecule has 2 aromatic rings. The van der Waals surface area contributed by atoms with Crippen molar-refractivity contribution in [3.05, 3.63) is 60.2 Å². The van der Waals surface area contributed by atoms with Crippen LogP contribution in [0.3, 0.4) is 0 Å². The average Bonchev–Trinajstić information content (AvgIpc) is 2.67. The van der Waals surface area contributed by atoms with Crippen molar-refractivity contribution < 1.29 is 45.4 Å². The Hall–Kier alpha value is -3.44. The van der Waals surface area contributed by atoms with E-state index in [2.05, 4.69) is 4.74 Å². The molecule has 0 heterocycles. The van der Waals surface area contributed by atoms with Crippen molar-refractivity contribution in [2.24, 2.45) is 0 Å². The van der Waals surface area contributed by atoms with Crippen molar-refractivity contribution in [3.8, 4) is 5.75 Å². The number of alkyl halides is 6. The summed E-state index contributed by atoms with van der Waals surface area (Å²) in [6.07, 6.45) is -10.2. The van der Waals surface area contributed by atoms with Crippen LogP contribution in [-0.2, 0) is 15.7 Å².